The highest BCUT2D eigenvalue weighted by molar-refractivity contribution is 5.97. The van der Waals surface area contributed by atoms with Gasteiger partial charge >= 0.3 is 0 Å². The highest BCUT2D eigenvalue weighted by Crippen LogP contribution is 2.26. The van der Waals surface area contributed by atoms with Crippen LogP contribution in [0.1, 0.15) is 17.2 Å². The maximum absolute atomic E-state index is 13.3. The maximum Gasteiger partial charge on any atom is 0.240 e. The van der Waals surface area contributed by atoms with Crippen LogP contribution >= 0.6 is 0 Å². The average molecular weight is 360 g/mol. The number of hydrogen-bond donors (Lipinski definition) is 0. The van der Waals surface area contributed by atoms with Crippen molar-refractivity contribution in [1.29, 1.82) is 0 Å². The fourth-order valence-electron chi connectivity index (χ4n) is 2.77. The van der Waals surface area contributed by atoms with E-state index in [2.05, 4.69) is 10.0 Å². The van der Waals surface area contributed by atoms with E-state index in [-0.39, 0.29) is 5.91 Å². The quantitative estimate of drug-likeness (QED) is 0.329. The molecule has 0 fully saturated rings. The van der Waals surface area contributed by atoms with Crippen LogP contribution in [0.15, 0.2) is 90.0 Å². The molecule has 1 unspecified atom stereocenters. The standard InChI is InChI=1S/C21H17FN4O/c22-18-13-11-17(12-14-18)20(24-25-23)21(27)26(19-9-5-2-6-10-19)15-16-7-3-1-4-8-16/h1-14,20H,15H2. The summed E-state index contributed by atoms with van der Waals surface area (Å²) >= 11 is 0. The third kappa shape index (κ3) is 4.51. The lowest BCUT2D eigenvalue weighted by atomic mass is 10.1. The Kier molecular flexibility index (Phi) is 5.82. The lowest BCUT2D eigenvalue weighted by Gasteiger charge is -2.26. The van der Waals surface area contributed by atoms with E-state index < -0.39 is 11.9 Å². The van der Waals surface area contributed by atoms with Gasteiger partial charge in [-0.25, -0.2) is 4.39 Å². The Labute approximate surface area is 156 Å². The van der Waals surface area contributed by atoms with Crippen LogP contribution < -0.4 is 4.90 Å². The van der Waals surface area contributed by atoms with Crippen molar-refractivity contribution in [2.75, 3.05) is 4.90 Å². The van der Waals surface area contributed by atoms with Crippen molar-refractivity contribution in [2.24, 2.45) is 5.11 Å². The summed E-state index contributed by atoms with van der Waals surface area (Å²) in [5.74, 6) is -0.801. The van der Waals surface area contributed by atoms with Gasteiger partial charge in [0.15, 0.2) is 0 Å². The van der Waals surface area contributed by atoms with Gasteiger partial charge in [0.25, 0.3) is 0 Å². The molecule has 0 aliphatic carbocycles. The van der Waals surface area contributed by atoms with Gasteiger partial charge in [-0.15, -0.1) is 0 Å². The van der Waals surface area contributed by atoms with Gasteiger partial charge in [-0.05, 0) is 40.9 Å². The Morgan fingerprint density at radius 1 is 0.963 bits per heavy atom. The largest absolute Gasteiger partial charge is 0.307 e. The monoisotopic (exact) mass is 360 g/mol. The normalized spacial score (nSPS) is 11.3. The summed E-state index contributed by atoms with van der Waals surface area (Å²) in [6.45, 7) is 0.322. The molecule has 0 aliphatic rings. The first kappa shape index (κ1) is 18.2. The van der Waals surface area contributed by atoms with Crippen LogP contribution in [-0.4, -0.2) is 5.91 Å². The molecule has 0 heterocycles. The topological polar surface area (TPSA) is 69.1 Å². The number of hydrogen-bond acceptors (Lipinski definition) is 2. The number of azide groups is 1. The van der Waals surface area contributed by atoms with Gasteiger partial charge in [0.1, 0.15) is 11.9 Å². The van der Waals surface area contributed by atoms with Gasteiger partial charge in [0, 0.05) is 10.6 Å². The molecule has 3 rings (SSSR count). The zero-order valence-corrected chi connectivity index (χ0v) is 14.4. The van der Waals surface area contributed by atoms with Gasteiger partial charge in [-0.3, -0.25) is 4.79 Å². The smallest absolute Gasteiger partial charge is 0.240 e. The van der Waals surface area contributed by atoms with Crippen LogP contribution in [0.2, 0.25) is 0 Å². The van der Waals surface area contributed by atoms with Gasteiger partial charge in [-0.2, -0.15) is 0 Å². The molecular weight excluding hydrogens is 343 g/mol. The number of anilines is 1. The number of carbonyl (C=O) groups excluding carboxylic acids is 1. The van der Waals surface area contributed by atoms with Crippen LogP contribution in [0.5, 0.6) is 0 Å². The number of para-hydroxylation sites is 1. The van der Waals surface area contributed by atoms with Gasteiger partial charge < -0.3 is 4.90 Å². The van der Waals surface area contributed by atoms with E-state index in [1.165, 1.54) is 24.3 Å². The molecule has 0 spiro atoms. The lowest BCUT2D eigenvalue weighted by Crippen LogP contribution is -2.34. The zero-order valence-electron chi connectivity index (χ0n) is 14.4. The number of rotatable bonds is 6. The van der Waals surface area contributed by atoms with Crippen molar-refractivity contribution in [1.82, 2.24) is 0 Å². The molecule has 0 aromatic heterocycles. The van der Waals surface area contributed by atoms with E-state index in [4.69, 9.17) is 5.53 Å². The average Bonchev–Trinajstić information content (AvgIpc) is 2.72. The summed E-state index contributed by atoms with van der Waals surface area (Å²) in [5, 5.41) is 3.68. The number of amides is 1. The molecule has 27 heavy (non-hydrogen) atoms. The van der Waals surface area contributed by atoms with Crippen molar-refractivity contribution in [3.8, 4) is 0 Å². The fourth-order valence-corrected chi connectivity index (χ4v) is 2.77. The third-order valence-electron chi connectivity index (χ3n) is 4.10. The van der Waals surface area contributed by atoms with E-state index in [9.17, 15) is 9.18 Å². The summed E-state index contributed by atoms with van der Waals surface area (Å²) in [4.78, 5) is 17.7. The summed E-state index contributed by atoms with van der Waals surface area (Å²) in [5.41, 5.74) is 11.0. The summed E-state index contributed by atoms with van der Waals surface area (Å²) in [6, 6.07) is 23.0. The number of benzene rings is 3. The molecule has 5 nitrogen and oxygen atoms in total. The highest BCUT2D eigenvalue weighted by atomic mass is 19.1. The maximum atomic E-state index is 13.3. The molecular formula is C21H17FN4O. The molecule has 1 atom stereocenters. The van der Waals surface area contributed by atoms with E-state index in [1.807, 2.05) is 60.7 Å². The SMILES string of the molecule is [N-]=[N+]=NC(C(=O)N(Cc1ccccc1)c1ccccc1)c1ccc(F)cc1. The molecule has 0 radical (unpaired) electrons. The molecule has 0 N–H and O–H groups in total. The Morgan fingerprint density at radius 2 is 1.56 bits per heavy atom. The van der Waals surface area contributed by atoms with Crippen molar-refractivity contribution in [3.63, 3.8) is 0 Å². The van der Waals surface area contributed by atoms with Crippen LogP contribution in [0.3, 0.4) is 0 Å². The van der Waals surface area contributed by atoms with Gasteiger partial charge in [0.05, 0.1) is 6.54 Å². The van der Waals surface area contributed by atoms with E-state index in [0.29, 0.717) is 17.8 Å². The second kappa shape index (κ2) is 8.65. The van der Waals surface area contributed by atoms with E-state index >= 15 is 0 Å². The molecule has 3 aromatic rings. The van der Waals surface area contributed by atoms with Crippen molar-refractivity contribution < 1.29 is 9.18 Å². The third-order valence-corrected chi connectivity index (χ3v) is 4.10. The minimum Gasteiger partial charge on any atom is -0.307 e. The van der Waals surface area contributed by atoms with Crippen LogP contribution in [0, 0.1) is 5.82 Å². The van der Waals surface area contributed by atoms with Crippen LogP contribution in [0.4, 0.5) is 10.1 Å². The predicted octanol–water partition coefficient (Wildman–Crippen LogP) is 5.41. The lowest BCUT2D eigenvalue weighted by molar-refractivity contribution is -0.120. The second-order valence-corrected chi connectivity index (χ2v) is 5.90. The van der Waals surface area contributed by atoms with E-state index in [0.717, 1.165) is 5.56 Å². The summed E-state index contributed by atoms with van der Waals surface area (Å²) in [7, 11) is 0. The van der Waals surface area contributed by atoms with Crippen molar-refractivity contribution in [3.05, 3.63) is 112 Å². The molecule has 1 amide bonds. The van der Waals surface area contributed by atoms with Crippen LogP contribution in [-0.2, 0) is 11.3 Å². The molecule has 134 valence electrons. The predicted molar refractivity (Wildman–Crippen MR) is 102 cm³/mol. The van der Waals surface area contributed by atoms with Crippen molar-refractivity contribution in [2.45, 2.75) is 12.6 Å². The summed E-state index contributed by atoms with van der Waals surface area (Å²) in [6.07, 6.45) is 0. The molecule has 0 aliphatic heterocycles. The van der Waals surface area contributed by atoms with E-state index in [1.54, 1.807) is 4.90 Å². The van der Waals surface area contributed by atoms with Gasteiger partial charge in [0.2, 0.25) is 5.91 Å². The Bertz CT molecular complexity index is 939. The summed E-state index contributed by atoms with van der Waals surface area (Å²) < 4.78 is 13.2. The molecule has 0 bridgehead atoms. The fraction of sp³-hybridized carbons (Fsp3) is 0.0952. The second-order valence-electron chi connectivity index (χ2n) is 5.90. The molecule has 3 aromatic carbocycles. The first-order valence-electron chi connectivity index (χ1n) is 8.39. The zero-order chi connectivity index (χ0) is 19.1. The number of nitrogens with zero attached hydrogens (tertiary/aromatic N) is 4. The number of carbonyl (C=O) groups is 1. The van der Waals surface area contributed by atoms with Crippen LogP contribution in [0.25, 0.3) is 10.4 Å². The first-order valence-corrected chi connectivity index (χ1v) is 8.39. The van der Waals surface area contributed by atoms with Crippen molar-refractivity contribution >= 4 is 11.6 Å². The Balaban J connectivity index is 1.99. The first-order chi connectivity index (χ1) is 13.2. The highest BCUT2D eigenvalue weighted by Gasteiger charge is 2.26. The Morgan fingerprint density at radius 3 is 2.15 bits per heavy atom. The van der Waals surface area contributed by atoms with Gasteiger partial charge in [-0.1, -0.05) is 65.8 Å². The minimum atomic E-state index is -1.08. The minimum absolute atomic E-state index is 0.322. The molecule has 0 saturated carbocycles. The molecule has 0 saturated heterocycles. The molecule has 6 heteroatoms. The Hall–Kier alpha value is -3.63. The number of halogens is 1.